The monoisotopic (exact) mass is 291 g/mol. The van der Waals surface area contributed by atoms with Gasteiger partial charge in [-0.25, -0.2) is 0 Å². The molecule has 1 aliphatic rings. The summed E-state index contributed by atoms with van der Waals surface area (Å²) in [6.45, 7) is 0.249. The minimum Gasteiger partial charge on any atom is -0.497 e. The van der Waals surface area contributed by atoms with Gasteiger partial charge in [-0.1, -0.05) is 31.4 Å². The molecular formula is C17H25NO3. The Bertz CT molecular complexity index is 455. The lowest BCUT2D eigenvalue weighted by Gasteiger charge is -2.21. The van der Waals surface area contributed by atoms with Crippen LogP contribution in [-0.4, -0.2) is 24.7 Å². The molecule has 0 spiro atoms. The Kier molecular flexibility index (Phi) is 6.05. The van der Waals surface area contributed by atoms with Gasteiger partial charge < -0.3 is 15.2 Å². The zero-order chi connectivity index (χ0) is 15.1. The Labute approximate surface area is 126 Å². The van der Waals surface area contributed by atoms with Crippen LogP contribution >= 0.6 is 0 Å². The first kappa shape index (κ1) is 15.8. The zero-order valence-corrected chi connectivity index (χ0v) is 12.7. The average Bonchev–Trinajstić information content (AvgIpc) is 2.53. The van der Waals surface area contributed by atoms with Crippen LogP contribution in [0.4, 0.5) is 0 Å². The number of ether oxygens (including phenoxy) is 1. The van der Waals surface area contributed by atoms with Gasteiger partial charge in [0.15, 0.2) is 0 Å². The standard InChI is InChI=1S/C17H25NO3/c1-21-15-9-5-8-14(11-15)16(19)12-18-17(20)10-13-6-3-2-4-7-13/h5,8-9,11,13,16,19H,2-4,6-7,10,12H2,1H3,(H,18,20)/t16-/m1/s1. The number of carbonyl (C=O) groups excluding carboxylic acids is 1. The van der Waals surface area contributed by atoms with E-state index in [0.29, 0.717) is 18.1 Å². The van der Waals surface area contributed by atoms with Crippen molar-refractivity contribution in [1.82, 2.24) is 5.32 Å². The molecule has 1 aromatic carbocycles. The van der Waals surface area contributed by atoms with Crippen molar-refractivity contribution in [2.45, 2.75) is 44.6 Å². The number of benzene rings is 1. The molecule has 1 aliphatic carbocycles. The summed E-state index contributed by atoms with van der Waals surface area (Å²) in [6, 6.07) is 7.29. The van der Waals surface area contributed by atoms with Crippen LogP contribution in [0.2, 0.25) is 0 Å². The predicted octanol–water partition coefficient (Wildman–Crippen LogP) is 2.82. The molecule has 0 bridgehead atoms. The highest BCUT2D eigenvalue weighted by Crippen LogP contribution is 2.26. The summed E-state index contributed by atoms with van der Waals surface area (Å²) in [5, 5.41) is 13.0. The van der Waals surface area contributed by atoms with E-state index in [2.05, 4.69) is 5.32 Å². The first-order chi connectivity index (χ1) is 10.2. The molecule has 2 N–H and O–H groups in total. The number of amides is 1. The molecule has 0 aromatic heterocycles. The van der Waals surface area contributed by atoms with E-state index in [1.165, 1.54) is 19.3 Å². The van der Waals surface area contributed by atoms with Gasteiger partial charge in [0, 0.05) is 13.0 Å². The maximum absolute atomic E-state index is 11.9. The topological polar surface area (TPSA) is 58.6 Å². The number of hydrogen-bond acceptors (Lipinski definition) is 3. The van der Waals surface area contributed by atoms with E-state index in [1.807, 2.05) is 18.2 Å². The summed E-state index contributed by atoms with van der Waals surface area (Å²) in [6.07, 6.45) is 5.99. The van der Waals surface area contributed by atoms with E-state index in [4.69, 9.17) is 4.74 Å². The molecular weight excluding hydrogens is 266 g/mol. The first-order valence-corrected chi connectivity index (χ1v) is 7.77. The first-order valence-electron chi connectivity index (χ1n) is 7.77. The largest absolute Gasteiger partial charge is 0.497 e. The highest BCUT2D eigenvalue weighted by Gasteiger charge is 2.17. The number of aliphatic hydroxyl groups is 1. The fraction of sp³-hybridized carbons (Fsp3) is 0.588. The van der Waals surface area contributed by atoms with Gasteiger partial charge >= 0.3 is 0 Å². The van der Waals surface area contributed by atoms with E-state index < -0.39 is 6.10 Å². The molecule has 1 aromatic rings. The molecule has 1 amide bonds. The van der Waals surface area contributed by atoms with Crippen LogP contribution in [0.25, 0.3) is 0 Å². The van der Waals surface area contributed by atoms with Gasteiger partial charge in [0.2, 0.25) is 5.91 Å². The summed E-state index contributed by atoms with van der Waals surface area (Å²) in [7, 11) is 1.59. The van der Waals surface area contributed by atoms with Gasteiger partial charge in [0.05, 0.1) is 13.2 Å². The number of nitrogens with one attached hydrogen (secondary N) is 1. The third kappa shape index (κ3) is 5.05. The zero-order valence-electron chi connectivity index (χ0n) is 12.7. The molecule has 1 atom stereocenters. The smallest absolute Gasteiger partial charge is 0.220 e. The fourth-order valence-electron chi connectivity index (χ4n) is 2.90. The Hall–Kier alpha value is -1.55. The molecule has 0 aliphatic heterocycles. The molecule has 0 unspecified atom stereocenters. The lowest BCUT2D eigenvalue weighted by Crippen LogP contribution is -2.30. The summed E-state index contributed by atoms with van der Waals surface area (Å²) in [4.78, 5) is 11.9. The van der Waals surface area contributed by atoms with Crippen LogP contribution in [-0.2, 0) is 4.79 Å². The molecule has 1 fully saturated rings. The van der Waals surface area contributed by atoms with Crippen molar-refractivity contribution in [3.05, 3.63) is 29.8 Å². The van der Waals surface area contributed by atoms with Crippen molar-refractivity contribution in [3.63, 3.8) is 0 Å². The lowest BCUT2D eigenvalue weighted by molar-refractivity contribution is -0.122. The van der Waals surface area contributed by atoms with Gasteiger partial charge in [-0.15, -0.1) is 0 Å². The van der Waals surface area contributed by atoms with Crippen LogP contribution in [0, 0.1) is 5.92 Å². The second kappa shape index (κ2) is 8.03. The van der Waals surface area contributed by atoms with E-state index in [9.17, 15) is 9.90 Å². The second-order valence-electron chi connectivity index (χ2n) is 5.80. The highest BCUT2D eigenvalue weighted by atomic mass is 16.5. The number of aliphatic hydroxyl groups excluding tert-OH is 1. The normalized spacial score (nSPS) is 17.2. The van der Waals surface area contributed by atoms with Crippen LogP contribution in [0.15, 0.2) is 24.3 Å². The minimum absolute atomic E-state index is 0.0452. The number of rotatable bonds is 6. The van der Waals surface area contributed by atoms with Gasteiger partial charge in [-0.05, 0) is 36.5 Å². The Morgan fingerprint density at radius 3 is 2.86 bits per heavy atom. The van der Waals surface area contributed by atoms with E-state index in [1.54, 1.807) is 13.2 Å². The Morgan fingerprint density at radius 1 is 1.38 bits per heavy atom. The van der Waals surface area contributed by atoms with E-state index in [0.717, 1.165) is 18.4 Å². The van der Waals surface area contributed by atoms with Crippen molar-refractivity contribution in [2.75, 3.05) is 13.7 Å². The second-order valence-corrected chi connectivity index (χ2v) is 5.80. The predicted molar refractivity (Wildman–Crippen MR) is 82.2 cm³/mol. The van der Waals surface area contributed by atoms with Crippen molar-refractivity contribution >= 4 is 5.91 Å². The van der Waals surface area contributed by atoms with Gasteiger partial charge in [-0.2, -0.15) is 0 Å². The quantitative estimate of drug-likeness (QED) is 0.847. The summed E-state index contributed by atoms with van der Waals surface area (Å²) < 4.78 is 5.13. The molecule has 0 radical (unpaired) electrons. The fourth-order valence-corrected chi connectivity index (χ4v) is 2.90. The van der Waals surface area contributed by atoms with Crippen molar-refractivity contribution in [2.24, 2.45) is 5.92 Å². The summed E-state index contributed by atoms with van der Waals surface area (Å²) in [5.74, 6) is 1.27. The number of carbonyl (C=O) groups is 1. The molecule has 1 saturated carbocycles. The summed E-state index contributed by atoms with van der Waals surface area (Å²) in [5.41, 5.74) is 0.757. The number of hydrogen-bond donors (Lipinski definition) is 2. The van der Waals surface area contributed by atoms with Crippen molar-refractivity contribution < 1.29 is 14.6 Å². The van der Waals surface area contributed by atoms with Crippen molar-refractivity contribution in [1.29, 1.82) is 0 Å². The van der Waals surface area contributed by atoms with E-state index in [-0.39, 0.29) is 12.5 Å². The lowest BCUT2D eigenvalue weighted by atomic mass is 9.87. The SMILES string of the molecule is COc1cccc([C@H](O)CNC(=O)CC2CCCCC2)c1. The van der Waals surface area contributed by atoms with Crippen LogP contribution in [0.1, 0.15) is 50.2 Å². The Morgan fingerprint density at radius 2 is 2.14 bits per heavy atom. The summed E-state index contributed by atoms with van der Waals surface area (Å²) >= 11 is 0. The third-order valence-electron chi connectivity index (χ3n) is 4.17. The molecule has 0 heterocycles. The number of methoxy groups -OCH3 is 1. The molecule has 4 heteroatoms. The van der Waals surface area contributed by atoms with Crippen LogP contribution in [0.5, 0.6) is 5.75 Å². The maximum atomic E-state index is 11.9. The molecule has 2 rings (SSSR count). The van der Waals surface area contributed by atoms with Gasteiger partial charge in [-0.3, -0.25) is 4.79 Å². The Balaban J connectivity index is 1.77. The van der Waals surface area contributed by atoms with Crippen LogP contribution < -0.4 is 10.1 Å². The minimum atomic E-state index is -0.699. The van der Waals surface area contributed by atoms with E-state index >= 15 is 0 Å². The molecule has 116 valence electrons. The molecule has 21 heavy (non-hydrogen) atoms. The average molecular weight is 291 g/mol. The van der Waals surface area contributed by atoms with Crippen molar-refractivity contribution in [3.8, 4) is 5.75 Å². The molecule has 4 nitrogen and oxygen atoms in total. The maximum Gasteiger partial charge on any atom is 0.220 e. The van der Waals surface area contributed by atoms with Gasteiger partial charge in [0.25, 0.3) is 0 Å². The van der Waals surface area contributed by atoms with Gasteiger partial charge in [0.1, 0.15) is 5.75 Å². The molecule has 0 saturated heterocycles. The highest BCUT2D eigenvalue weighted by molar-refractivity contribution is 5.76. The van der Waals surface area contributed by atoms with Crippen LogP contribution in [0.3, 0.4) is 0 Å². The third-order valence-corrected chi connectivity index (χ3v) is 4.17.